The SMILES string of the molecule is O=C(CN(Cc1ccccc1F)S(=O)(=O)c1ccc(Cl)cc1)Nc1cccc(F)c1. The smallest absolute Gasteiger partial charge is 0.243 e. The average Bonchev–Trinajstić information content (AvgIpc) is 2.69. The van der Waals surface area contributed by atoms with Crippen LogP contribution in [0.3, 0.4) is 0 Å². The number of rotatable bonds is 7. The first-order valence-electron chi connectivity index (χ1n) is 8.80. The molecule has 1 N–H and O–H groups in total. The lowest BCUT2D eigenvalue weighted by Crippen LogP contribution is -2.37. The third-order valence-electron chi connectivity index (χ3n) is 4.18. The van der Waals surface area contributed by atoms with Crippen LogP contribution in [0.5, 0.6) is 0 Å². The van der Waals surface area contributed by atoms with Crippen molar-refractivity contribution >= 4 is 33.2 Å². The Morgan fingerprint density at radius 2 is 1.67 bits per heavy atom. The lowest BCUT2D eigenvalue weighted by molar-refractivity contribution is -0.116. The van der Waals surface area contributed by atoms with Crippen molar-refractivity contribution in [1.29, 1.82) is 0 Å². The van der Waals surface area contributed by atoms with Gasteiger partial charge in [-0.15, -0.1) is 0 Å². The van der Waals surface area contributed by atoms with Gasteiger partial charge in [0.1, 0.15) is 11.6 Å². The van der Waals surface area contributed by atoms with Crippen molar-refractivity contribution in [1.82, 2.24) is 4.31 Å². The van der Waals surface area contributed by atoms with E-state index in [0.717, 1.165) is 10.4 Å². The lowest BCUT2D eigenvalue weighted by atomic mass is 10.2. The van der Waals surface area contributed by atoms with Gasteiger partial charge in [0.15, 0.2) is 0 Å². The number of hydrogen-bond acceptors (Lipinski definition) is 3. The van der Waals surface area contributed by atoms with E-state index in [0.29, 0.717) is 5.02 Å². The Bertz CT molecular complexity index is 1150. The third-order valence-corrected chi connectivity index (χ3v) is 6.24. The van der Waals surface area contributed by atoms with E-state index in [1.54, 1.807) is 6.07 Å². The second-order valence-electron chi connectivity index (χ2n) is 6.38. The standard InChI is InChI=1S/C21H17ClF2N2O3S/c22-16-8-10-19(11-9-16)30(28,29)26(13-15-4-1-2-7-20(15)24)14-21(27)25-18-6-3-5-17(23)12-18/h1-12H,13-14H2,(H,25,27). The van der Waals surface area contributed by atoms with Crippen molar-refractivity contribution in [3.63, 3.8) is 0 Å². The minimum absolute atomic E-state index is 0.0956. The normalized spacial score (nSPS) is 11.5. The second kappa shape index (κ2) is 9.34. The first-order valence-corrected chi connectivity index (χ1v) is 10.6. The molecule has 0 aliphatic heterocycles. The van der Waals surface area contributed by atoms with Crippen molar-refractivity contribution in [3.05, 3.63) is 95.0 Å². The summed E-state index contributed by atoms with van der Waals surface area (Å²) in [7, 11) is -4.16. The van der Waals surface area contributed by atoms with E-state index in [1.807, 2.05) is 0 Å². The van der Waals surface area contributed by atoms with Crippen molar-refractivity contribution in [3.8, 4) is 0 Å². The average molecular weight is 451 g/mol. The number of nitrogens with zero attached hydrogens (tertiary/aromatic N) is 1. The summed E-state index contributed by atoms with van der Waals surface area (Å²) in [6, 6.07) is 16.3. The zero-order valence-corrected chi connectivity index (χ0v) is 17.1. The summed E-state index contributed by atoms with van der Waals surface area (Å²) in [4.78, 5) is 12.4. The van der Waals surface area contributed by atoms with Gasteiger partial charge in [-0.2, -0.15) is 4.31 Å². The van der Waals surface area contributed by atoms with Gasteiger partial charge in [-0.05, 0) is 48.5 Å². The Morgan fingerprint density at radius 1 is 0.967 bits per heavy atom. The van der Waals surface area contributed by atoms with E-state index in [-0.39, 0.29) is 22.7 Å². The van der Waals surface area contributed by atoms with E-state index >= 15 is 0 Å². The molecule has 3 aromatic carbocycles. The van der Waals surface area contributed by atoms with E-state index in [4.69, 9.17) is 11.6 Å². The molecule has 0 aliphatic carbocycles. The lowest BCUT2D eigenvalue weighted by Gasteiger charge is -2.22. The second-order valence-corrected chi connectivity index (χ2v) is 8.75. The Morgan fingerprint density at radius 3 is 2.33 bits per heavy atom. The minimum Gasteiger partial charge on any atom is -0.325 e. The van der Waals surface area contributed by atoms with Gasteiger partial charge in [0.25, 0.3) is 0 Å². The van der Waals surface area contributed by atoms with Crippen LogP contribution in [0.25, 0.3) is 0 Å². The van der Waals surface area contributed by atoms with Crippen LogP contribution in [0.15, 0.2) is 77.7 Å². The quantitative estimate of drug-likeness (QED) is 0.578. The summed E-state index contributed by atoms with van der Waals surface area (Å²) in [5, 5.41) is 2.79. The van der Waals surface area contributed by atoms with Gasteiger partial charge in [-0.1, -0.05) is 35.9 Å². The molecular formula is C21H17ClF2N2O3S. The molecule has 0 saturated heterocycles. The fourth-order valence-corrected chi connectivity index (χ4v) is 4.23. The Labute approximate surface area is 178 Å². The first-order chi connectivity index (χ1) is 14.3. The number of carbonyl (C=O) groups excluding carboxylic acids is 1. The maximum atomic E-state index is 14.1. The number of benzene rings is 3. The Balaban J connectivity index is 1.89. The van der Waals surface area contributed by atoms with E-state index in [1.165, 1.54) is 60.7 Å². The molecule has 0 saturated carbocycles. The highest BCUT2D eigenvalue weighted by molar-refractivity contribution is 7.89. The molecule has 9 heteroatoms. The fourth-order valence-electron chi connectivity index (χ4n) is 2.73. The number of hydrogen-bond donors (Lipinski definition) is 1. The molecule has 0 aromatic heterocycles. The van der Waals surface area contributed by atoms with Gasteiger partial charge in [-0.25, -0.2) is 17.2 Å². The molecule has 5 nitrogen and oxygen atoms in total. The topological polar surface area (TPSA) is 66.5 Å². The molecule has 3 rings (SSSR count). The molecule has 0 atom stereocenters. The Kier molecular flexibility index (Phi) is 6.81. The third kappa shape index (κ3) is 5.41. The summed E-state index contributed by atoms with van der Waals surface area (Å²) < 4.78 is 54.6. The first kappa shape index (κ1) is 21.9. The zero-order chi connectivity index (χ0) is 21.7. The molecule has 1 amide bonds. The number of carbonyl (C=O) groups is 1. The number of nitrogens with one attached hydrogen (secondary N) is 1. The van der Waals surface area contributed by atoms with Gasteiger partial charge in [0, 0.05) is 22.8 Å². The monoisotopic (exact) mass is 450 g/mol. The summed E-state index contributed by atoms with van der Waals surface area (Å²) in [5.41, 5.74) is 0.281. The maximum Gasteiger partial charge on any atom is 0.243 e. The fraction of sp³-hybridized carbons (Fsp3) is 0.0952. The van der Waals surface area contributed by atoms with Crippen LogP contribution in [-0.4, -0.2) is 25.2 Å². The summed E-state index contributed by atoms with van der Waals surface area (Å²) in [6.07, 6.45) is 0. The number of sulfonamides is 1. The molecule has 0 radical (unpaired) electrons. The molecule has 0 spiro atoms. The van der Waals surface area contributed by atoms with E-state index in [9.17, 15) is 22.0 Å². The van der Waals surface area contributed by atoms with Crippen LogP contribution in [0.2, 0.25) is 5.02 Å². The summed E-state index contributed by atoms with van der Waals surface area (Å²) in [6.45, 7) is -0.968. The number of anilines is 1. The zero-order valence-electron chi connectivity index (χ0n) is 15.6. The molecule has 0 bridgehead atoms. The van der Waals surface area contributed by atoms with Gasteiger partial charge in [0.05, 0.1) is 11.4 Å². The van der Waals surface area contributed by atoms with E-state index in [2.05, 4.69) is 5.32 Å². The van der Waals surface area contributed by atoms with Crippen molar-refractivity contribution < 1.29 is 22.0 Å². The minimum atomic E-state index is -4.16. The molecule has 3 aromatic rings. The summed E-state index contributed by atoms with van der Waals surface area (Å²) in [5.74, 6) is -1.85. The molecule has 30 heavy (non-hydrogen) atoms. The van der Waals surface area contributed by atoms with Crippen LogP contribution in [-0.2, 0) is 21.4 Å². The summed E-state index contributed by atoms with van der Waals surface area (Å²) >= 11 is 5.83. The van der Waals surface area contributed by atoms with Crippen LogP contribution in [0.4, 0.5) is 14.5 Å². The Hall–Kier alpha value is -2.81. The van der Waals surface area contributed by atoms with Crippen LogP contribution < -0.4 is 5.32 Å². The largest absolute Gasteiger partial charge is 0.325 e. The molecule has 0 aliphatic rings. The predicted molar refractivity (Wildman–Crippen MR) is 110 cm³/mol. The highest BCUT2D eigenvalue weighted by atomic mass is 35.5. The molecule has 0 fully saturated rings. The van der Waals surface area contributed by atoms with Gasteiger partial charge >= 0.3 is 0 Å². The molecule has 156 valence electrons. The van der Waals surface area contributed by atoms with Crippen LogP contribution in [0, 0.1) is 11.6 Å². The van der Waals surface area contributed by atoms with Crippen molar-refractivity contribution in [2.45, 2.75) is 11.4 Å². The highest BCUT2D eigenvalue weighted by Gasteiger charge is 2.27. The predicted octanol–water partition coefficient (Wildman–Crippen LogP) is 4.45. The number of amides is 1. The highest BCUT2D eigenvalue weighted by Crippen LogP contribution is 2.22. The van der Waals surface area contributed by atoms with Crippen LogP contribution >= 0.6 is 11.6 Å². The van der Waals surface area contributed by atoms with Crippen molar-refractivity contribution in [2.75, 3.05) is 11.9 Å². The molecule has 0 heterocycles. The van der Waals surface area contributed by atoms with E-state index < -0.39 is 34.1 Å². The van der Waals surface area contributed by atoms with Crippen molar-refractivity contribution in [2.24, 2.45) is 0 Å². The van der Waals surface area contributed by atoms with Gasteiger partial charge in [0.2, 0.25) is 15.9 Å². The van der Waals surface area contributed by atoms with Gasteiger partial charge < -0.3 is 5.32 Å². The molecular weight excluding hydrogens is 434 g/mol. The number of halogens is 3. The van der Waals surface area contributed by atoms with Crippen LogP contribution in [0.1, 0.15) is 5.56 Å². The maximum absolute atomic E-state index is 14.1. The molecule has 0 unspecified atom stereocenters. The van der Waals surface area contributed by atoms with Gasteiger partial charge in [-0.3, -0.25) is 4.79 Å².